The molecule has 23 heavy (non-hydrogen) atoms. The lowest BCUT2D eigenvalue weighted by molar-refractivity contribution is -0.139. The number of pyridine rings is 1. The first kappa shape index (κ1) is 17.9. The van der Waals surface area contributed by atoms with Crippen LogP contribution >= 0.6 is 0 Å². The predicted molar refractivity (Wildman–Crippen MR) is 90.7 cm³/mol. The van der Waals surface area contributed by atoms with Crippen molar-refractivity contribution in [3.8, 4) is 0 Å². The molecule has 0 bridgehead atoms. The predicted octanol–water partition coefficient (Wildman–Crippen LogP) is 1.77. The van der Waals surface area contributed by atoms with E-state index < -0.39 is 0 Å². The standard InChI is InChI=1S/C18H29N3O2/c1-14-9-15(2)12-21(11-14)18(23)16(3)20(7-8-22)13-17-5-4-6-19-10-17/h4-6,10,14-16,22H,7-9,11-13H2,1-3H3. The molecule has 1 saturated heterocycles. The molecular formula is C18H29N3O2. The summed E-state index contributed by atoms with van der Waals surface area (Å²) in [6.07, 6.45) is 4.74. The number of nitrogens with zero attached hydrogens (tertiary/aromatic N) is 3. The molecule has 2 heterocycles. The molecule has 1 amide bonds. The largest absolute Gasteiger partial charge is 0.395 e. The molecule has 0 aromatic carbocycles. The molecule has 1 aliphatic heterocycles. The number of hydrogen-bond acceptors (Lipinski definition) is 4. The first-order chi connectivity index (χ1) is 11.0. The van der Waals surface area contributed by atoms with E-state index in [4.69, 9.17) is 0 Å². The zero-order valence-corrected chi connectivity index (χ0v) is 14.5. The molecule has 1 N–H and O–H groups in total. The highest BCUT2D eigenvalue weighted by Gasteiger charge is 2.30. The van der Waals surface area contributed by atoms with E-state index in [-0.39, 0.29) is 18.6 Å². The maximum absolute atomic E-state index is 12.9. The second-order valence-corrected chi connectivity index (χ2v) is 6.92. The summed E-state index contributed by atoms with van der Waals surface area (Å²) in [5.74, 6) is 1.28. The molecule has 128 valence electrons. The van der Waals surface area contributed by atoms with Gasteiger partial charge in [0.15, 0.2) is 0 Å². The summed E-state index contributed by atoms with van der Waals surface area (Å²) in [7, 11) is 0. The summed E-state index contributed by atoms with van der Waals surface area (Å²) in [5.41, 5.74) is 1.06. The highest BCUT2D eigenvalue weighted by atomic mass is 16.3. The Kier molecular flexibility index (Phi) is 6.54. The zero-order chi connectivity index (χ0) is 16.8. The molecule has 1 aromatic heterocycles. The number of hydrogen-bond donors (Lipinski definition) is 1. The fourth-order valence-corrected chi connectivity index (χ4v) is 3.53. The highest BCUT2D eigenvalue weighted by Crippen LogP contribution is 2.22. The van der Waals surface area contributed by atoms with Gasteiger partial charge < -0.3 is 10.0 Å². The molecule has 0 radical (unpaired) electrons. The van der Waals surface area contributed by atoms with E-state index in [1.165, 1.54) is 6.42 Å². The Bertz CT molecular complexity index is 484. The fraction of sp³-hybridized carbons (Fsp3) is 0.667. The molecule has 5 nitrogen and oxygen atoms in total. The first-order valence-electron chi connectivity index (χ1n) is 8.53. The minimum Gasteiger partial charge on any atom is -0.395 e. The van der Waals surface area contributed by atoms with Crippen LogP contribution < -0.4 is 0 Å². The van der Waals surface area contributed by atoms with Gasteiger partial charge in [0, 0.05) is 38.6 Å². The normalized spacial score (nSPS) is 23.1. The Morgan fingerprint density at radius 1 is 1.43 bits per heavy atom. The molecule has 1 aromatic rings. The van der Waals surface area contributed by atoms with Crippen LogP contribution in [0.2, 0.25) is 0 Å². The number of carbonyl (C=O) groups excluding carboxylic acids is 1. The topological polar surface area (TPSA) is 56.7 Å². The lowest BCUT2D eigenvalue weighted by Gasteiger charge is -2.38. The van der Waals surface area contributed by atoms with Gasteiger partial charge in [0.1, 0.15) is 0 Å². The molecule has 3 unspecified atom stereocenters. The van der Waals surface area contributed by atoms with Crippen molar-refractivity contribution < 1.29 is 9.90 Å². The van der Waals surface area contributed by atoms with Crippen LogP contribution in [0.1, 0.15) is 32.8 Å². The van der Waals surface area contributed by atoms with Gasteiger partial charge in [-0.2, -0.15) is 0 Å². The number of likely N-dealkylation sites (tertiary alicyclic amines) is 1. The molecule has 2 rings (SSSR count). The van der Waals surface area contributed by atoms with Crippen molar-refractivity contribution in [2.24, 2.45) is 11.8 Å². The number of aromatic nitrogens is 1. The van der Waals surface area contributed by atoms with E-state index in [0.29, 0.717) is 24.9 Å². The summed E-state index contributed by atoms with van der Waals surface area (Å²) >= 11 is 0. The number of aliphatic hydroxyl groups is 1. The van der Waals surface area contributed by atoms with E-state index >= 15 is 0 Å². The van der Waals surface area contributed by atoms with Crippen LogP contribution in [-0.4, -0.2) is 58.1 Å². The molecule has 1 fully saturated rings. The van der Waals surface area contributed by atoms with Gasteiger partial charge in [-0.05, 0) is 36.8 Å². The van der Waals surface area contributed by atoms with Gasteiger partial charge in [-0.15, -0.1) is 0 Å². The van der Waals surface area contributed by atoms with Crippen LogP contribution in [0.3, 0.4) is 0 Å². The fourth-order valence-electron chi connectivity index (χ4n) is 3.53. The third-order valence-electron chi connectivity index (χ3n) is 4.58. The molecule has 0 spiro atoms. The van der Waals surface area contributed by atoms with Gasteiger partial charge in [0.05, 0.1) is 12.6 Å². The van der Waals surface area contributed by atoms with Gasteiger partial charge in [0.2, 0.25) is 5.91 Å². The van der Waals surface area contributed by atoms with Crippen LogP contribution in [0.5, 0.6) is 0 Å². The Morgan fingerprint density at radius 3 is 2.70 bits per heavy atom. The Morgan fingerprint density at radius 2 is 2.13 bits per heavy atom. The maximum Gasteiger partial charge on any atom is 0.239 e. The first-order valence-corrected chi connectivity index (χ1v) is 8.53. The van der Waals surface area contributed by atoms with Crippen LogP contribution in [0.15, 0.2) is 24.5 Å². The molecular weight excluding hydrogens is 290 g/mol. The summed E-state index contributed by atoms with van der Waals surface area (Å²) < 4.78 is 0. The Labute approximate surface area is 139 Å². The zero-order valence-electron chi connectivity index (χ0n) is 14.5. The van der Waals surface area contributed by atoms with E-state index in [0.717, 1.165) is 18.7 Å². The summed E-state index contributed by atoms with van der Waals surface area (Å²) in [6, 6.07) is 3.66. The molecule has 1 aliphatic rings. The maximum atomic E-state index is 12.9. The van der Waals surface area contributed by atoms with E-state index in [1.54, 1.807) is 6.20 Å². The molecule has 0 saturated carbocycles. The van der Waals surface area contributed by atoms with Crippen molar-refractivity contribution in [3.63, 3.8) is 0 Å². The summed E-state index contributed by atoms with van der Waals surface area (Å²) in [6.45, 7) is 9.20. The number of aliphatic hydroxyl groups excluding tert-OH is 1. The smallest absolute Gasteiger partial charge is 0.239 e. The summed E-state index contributed by atoms with van der Waals surface area (Å²) in [5, 5.41) is 9.36. The monoisotopic (exact) mass is 319 g/mol. The molecule has 3 atom stereocenters. The van der Waals surface area contributed by atoms with E-state index in [1.807, 2.05) is 35.1 Å². The van der Waals surface area contributed by atoms with Crippen molar-refractivity contribution in [3.05, 3.63) is 30.1 Å². The van der Waals surface area contributed by atoms with Crippen LogP contribution in [0.25, 0.3) is 0 Å². The third kappa shape index (κ3) is 5.01. The van der Waals surface area contributed by atoms with E-state index in [9.17, 15) is 9.90 Å². The highest BCUT2D eigenvalue weighted by molar-refractivity contribution is 5.81. The lowest BCUT2D eigenvalue weighted by atomic mass is 9.91. The molecule has 5 heteroatoms. The second kappa shape index (κ2) is 8.41. The number of amides is 1. The van der Waals surface area contributed by atoms with Crippen molar-refractivity contribution >= 4 is 5.91 Å². The number of carbonyl (C=O) groups is 1. The van der Waals surface area contributed by atoms with Crippen molar-refractivity contribution in [2.45, 2.75) is 39.8 Å². The van der Waals surface area contributed by atoms with Gasteiger partial charge >= 0.3 is 0 Å². The van der Waals surface area contributed by atoms with Crippen LogP contribution in [-0.2, 0) is 11.3 Å². The SMILES string of the molecule is CC1CC(C)CN(C(=O)C(C)N(CCO)Cc2cccnc2)C1. The van der Waals surface area contributed by atoms with Crippen LogP contribution in [0.4, 0.5) is 0 Å². The minimum atomic E-state index is -0.236. The molecule has 0 aliphatic carbocycles. The second-order valence-electron chi connectivity index (χ2n) is 6.92. The van der Waals surface area contributed by atoms with Crippen molar-refractivity contribution in [2.75, 3.05) is 26.2 Å². The average Bonchev–Trinajstić information content (AvgIpc) is 2.53. The Hall–Kier alpha value is -1.46. The number of piperidine rings is 1. The van der Waals surface area contributed by atoms with Crippen molar-refractivity contribution in [1.29, 1.82) is 0 Å². The van der Waals surface area contributed by atoms with Gasteiger partial charge in [0.25, 0.3) is 0 Å². The quantitative estimate of drug-likeness (QED) is 0.868. The average molecular weight is 319 g/mol. The van der Waals surface area contributed by atoms with Gasteiger partial charge in [-0.3, -0.25) is 14.7 Å². The minimum absolute atomic E-state index is 0.0463. The van der Waals surface area contributed by atoms with Crippen molar-refractivity contribution in [1.82, 2.24) is 14.8 Å². The van der Waals surface area contributed by atoms with Gasteiger partial charge in [-0.25, -0.2) is 0 Å². The van der Waals surface area contributed by atoms with E-state index in [2.05, 4.69) is 18.8 Å². The van der Waals surface area contributed by atoms with Crippen LogP contribution in [0, 0.1) is 11.8 Å². The summed E-state index contributed by atoms with van der Waals surface area (Å²) in [4.78, 5) is 21.0. The lowest BCUT2D eigenvalue weighted by Crippen LogP contribution is -2.51. The Balaban J connectivity index is 2.04. The third-order valence-corrected chi connectivity index (χ3v) is 4.58. The van der Waals surface area contributed by atoms with Gasteiger partial charge in [-0.1, -0.05) is 19.9 Å². The number of rotatable bonds is 6.